The zero-order chi connectivity index (χ0) is 13.4. The normalized spacial score (nSPS) is 10.4. The summed E-state index contributed by atoms with van der Waals surface area (Å²) in [6, 6.07) is 3.30. The number of amides is 1. The average Bonchev–Trinajstić information content (AvgIpc) is 2.37. The summed E-state index contributed by atoms with van der Waals surface area (Å²) in [4.78, 5) is 15.8. The molecule has 0 bridgehead atoms. The molecule has 0 fully saturated rings. The van der Waals surface area contributed by atoms with Crippen LogP contribution in [-0.4, -0.2) is 17.4 Å². The van der Waals surface area contributed by atoms with Gasteiger partial charge in [-0.1, -0.05) is 26.7 Å². The molecule has 0 aliphatic carbocycles. The minimum atomic E-state index is -0.0848. The largest absolute Gasteiger partial charge is 0.352 e. The van der Waals surface area contributed by atoms with E-state index >= 15 is 0 Å². The van der Waals surface area contributed by atoms with Gasteiger partial charge >= 0.3 is 0 Å². The molecule has 0 saturated carbocycles. The zero-order valence-electron chi connectivity index (χ0n) is 11.1. The smallest absolute Gasteiger partial charge is 0.251 e. The van der Waals surface area contributed by atoms with E-state index in [1.54, 1.807) is 18.3 Å². The van der Waals surface area contributed by atoms with Gasteiger partial charge in [-0.15, -0.1) is 0 Å². The van der Waals surface area contributed by atoms with E-state index in [0.29, 0.717) is 17.9 Å². The molecule has 1 amide bonds. The molecule has 1 aromatic rings. The Hall–Kier alpha value is -1.62. The first-order chi connectivity index (χ1) is 8.63. The number of nitrogen functional groups attached to an aromatic ring is 1. The Balaban J connectivity index is 2.31. The first-order valence-corrected chi connectivity index (χ1v) is 6.34. The van der Waals surface area contributed by atoms with Gasteiger partial charge in [0.2, 0.25) is 0 Å². The number of nitrogens with zero attached hydrogens (tertiary/aromatic N) is 1. The molecule has 0 saturated heterocycles. The maximum Gasteiger partial charge on any atom is 0.251 e. The summed E-state index contributed by atoms with van der Waals surface area (Å²) in [5, 5.41) is 2.89. The predicted octanol–water partition coefficient (Wildman–Crippen LogP) is 1.92. The number of pyridine rings is 1. The van der Waals surface area contributed by atoms with Crippen LogP contribution in [-0.2, 0) is 0 Å². The van der Waals surface area contributed by atoms with Crippen LogP contribution in [0.3, 0.4) is 0 Å². The van der Waals surface area contributed by atoms with Crippen LogP contribution in [0, 0.1) is 5.92 Å². The Labute approximate surface area is 108 Å². The minimum Gasteiger partial charge on any atom is -0.352 e. The van der Waals surface area contributed by atoms with Gasteiger partial charge in [-0.25, -0.2) is 10.8 Å². The highest BCUT2D eigenvalue weighted by Crippen LogP contribution is 2.07. The van der Waals surface area contributed by atoms with Crippen molar-refractivity contribution in [2.24, 2.45) is 11.8 Å². The van der Waals surface area contributed by atoms with Crippen molar-refractivity contribution in [2.75, 3.05) is 12.0 Å². The summed E-state index contributed by atoms with van der Waals surface area (Å²) < 4.78 is 0. The van der Waals surface area contributed by atoms with Crippen LogP contribution in [0.5, 0.6) is 0 Å². The lowest BCUT2D eigenvalue weighted by molar-refractivity contribution is 0.0953. The van der Waals surface area contributed by atoms with Crippen LogP contribution in [0.2, 0.25) is 0 Å². The summed E-state index contributed by atoms with van der Waals surface area (Å²) in [6.45, 7) is 5.12. The van der Waals surface area contributed by atoms with Gasteiger partial charge in [0.1, 0.15) is 5.82 Å². The highest BCUT2D eigenvalue weighted by atomic mass is 16.1. The van der Waals surface area contributed by atoms with Crippen molar-refractivity contribution in [1.29, 1.82) is 0 Å². The Morgan fingerprint density at radius 3 is 2.89 bits per heavy atom. The molecule has 0 radical (unpaired) electrons. The standard InChI is InChI=1S/C13H22N4O/c1-10(2)5-3-4-7-16-13(18)11-6-8-15-12(9-11)17-14/h6,8-10H,3-5,7,14H2,1-2H3,(H,15,17)(H,16,18). The summed E-state index contributed by atoms with van der Waals surface area (Å²) in [5.74, 6) is 6.37. The maximum absolute atomic E-state index is 11.8. The average molecular weight is 250 g/mol. The van der Waals surface area contributed by atoms with Crippen LogP contribution >= 0.6 is 0 Å². The second kappa shape index (κ2) is 7.66. The van der Waals surface area contributed by atoms with Gasteiger partial charge in [0.15, 0.2) is 0 Å². The number of aromatic nitrogens is 1. The Morgan fingerprint density at radius 2 is 2.22 bits per heavy atom. The van der Waals surface area contributed by atoms with Gasteiger partial charge in [0.05, 0.1) is 0 Å². The van der Waals surface area contributed by atoms with Crippen LogP contribution < -0.4 is 16.6 Å². The van der Waals surface area contributed by atoms with Crippen LogP contribution in [0.1, 0.15) is 43.5 Å². The van der Waals surface area contributed by atoms with Crippen molar-refractivity contribution >= 4 is 11.7 Å². The van der Waals surface area contributed by atoms with Crippen molar-refractivity contribution < 1.29 is 4.79 Å². The molecule has 0 aliphatic heterocycles. The lowest BCUT2D eigenvalue weighted by Crippen LogP contribution is -2.24. The van der Waals surface area contributed by atoms with E-state index in [2.05, 4.69) is 29.6 Å². The lowest BCUT2D eigenvalue weighted by atomic mass is 10.1. The number of nitrogens with two attached hydrogens (primary N) is 1. The number of hydrogen-bond acceptors (Lipinski definition) is 4. The van der Waals surface area contributed by atoms with Crippen molar-refractivity contribution in [3.8, 4) is 0 Å². The number of anilines is 1. The van der Waals surface area contributed by atoms with Crippen LogP contribution in [0.15, 0.2) is 18.3 Å². The van der Waals surface area contributed by atoms with E-state index in [9.17, 15) is 4.79 Å². The molecule has 0 aromatic carbocycles. The monoisotopic (exact) mass is 250 g/mol. The van der Waals surface area contributed by atoms with Crippen molar-refractivity contribution in [1.82, 2.24) is 10.3 Å². The van der Waals surface area contributed by atoms with E-state index in [1.807, 2.05) is 0 Å². The topological polar surface area (TPSA) is 80.0 Å². The SMILES string of the molecule is CC(C)CCCCNC(=O)c1ccnc(NN)c1. The first kappa shape index (κ1) is 14.4. The van der Waals surface area contributed by atoms with Gasteiger partial charge in [-0.3, -0.25) is 4.79 Å². The molecule has 0 spiro atoms. The highest BCUT2D eigenvalue weighted by molar-refractivity contribution is 5.94. The second-order valence-electron chi connectivity index (χ2n) is 4.72. The summed E-state index contributed by atoms with van der Waals surface area (Å²) in [5.41, 5.74) is 2.99. The first-order valence-electron chi connectivity index (χ1n) is 6.34. The molecular formula is C13H22N4O. The van der Waals surface area contributed by atoms with Crippen molar-refractivity contribution in [3.05, 3.63) is 23.9 Å². The van der Waals surface area contributed by atoms with Crippen molar-refractivity contribution in [3.63, 3.8) is 0 Å². The molecule has 1 aromatic heterocycles. The molecule has 5 heteroatoms. The third-order valence-corrected chi connectivity index (χ3v) is 2.66. The Kier molecular flexibility index (Phi) is 6.14. The number of rotatable bonds is 7. The predicted molar refractivity (Wildman–Crippen MR) is 73.1 cm³/mol. The fraction of sp³-hybridized carbons (Fsp3) is 0.538. The van der Waals surface area contributed by atoms with E-state index in [4.69, 9.17) is 5.84 Å². The molecule has 100 valence electrons. The third kappa shape index (κ3) is 5.14. The molecule has 18 heavy (non-hydrogen) atoms. The fourth-order valence-corrected chi connectivity index (χ4v) is 1.63. The van der Waals surface area contributed by atoms with E-state index in [0.717, 1.165) is 18.8 Å². The maximum atomic E-state index is 11.8. The molecule has 0 aliphatic rings. The van der Waals surface area contributed by atoms with Crippen molar-refractivity contribution in [2.45, 2.75) is 33.1 Å². The zero-order valence-corrected chi connectivity index (χ0v) is 11.1. The number of hydrogen-bond donors (Lipinski definition) is 3. The van der Waals surface area contributed by atoms with Gasteiger partial charge in [-0.05, 0) is 24.5 Å². The van der Waals surface area contributed by atoms with Crippen LogP contribution in [0.4, 0.5) is 5.82 Å². The van der Waals surface area contributed by atoms with Gasteiger partial charge in [-0.2, -0.15) is 0 Å². The molecule has 1 rings (SSSR count). The van der Waals surface area contributed by atoms with Gasteiger partial charge in [0.25, 0.3) is 5.91 Å². The van der Waals surface area contributed by atoms with Crippen LogP contribution in [0.25, 0.3) is 0 Å². The second-order valence-corrected chi connectivity index (χ2v) is 4.72. The number of nitrogens with one attached hydrogen (secondary N) is 2. The molecule has 4 N–H and O–H groups in total. The lowest BCUT2D eigenvalue weighted by Gasteiger charge is -2.07. The molecule has 1 heterocycles. The molecule has 5 nitrogen and oxygen atoms in total. The molecule has 0 unspecified atom stereocenters. The number of unbranched alkanes of at least 4 members (excludes halogenated alkanes) is 1. The minimum absolute atomic E-state index is 0.0848. The van der Waals surface area contributed by atoms with Gasteiger partial charge in [0, 0.05) is 18.3 Å². The quantitative estimate of drug-likeness (QED) is 0.392. The molecular weight excluding hydrogens is 228 g/mol. The number of carbonyl (C=O) groups excluding carboxylic acids is 1. The molecule has 0 atom stereocenters. The van der Waals surface area contributed by atoms with E-state index < -0.39 is 0 Å². The Morgan fingerprint density at radius 1 is 1.44 bits per heavy atom. The fourth-order valence-electron chi connectivity index (χ4n) is 1.63. The van der Waals surface area contributed by atoms with Gasteiger partial charge < -0.3 is 10.7 Å². The summed E-state index contributed by atoms with van der Waals surface area (Å²) >= 11 is 0. The van der Waals surface area contributed by atoms with E-state index in [-0.39, 0.29) is 5.91 Å². The summed E-state index contributed by atoms with van der Waals surface area (Å²) in [7, 11) is 0. The Bertz CT molecular complexity index is 379. The van der Waals surface area contributed by atoms with E-state index in [1.165, 1.54) is 6.42 Å². The number of carbonyl (C=O) groups is 1. The third-order valence-electron chi connectivity index (χ3n) is 2.66. The number of hydrazine groups is 1. The highest BCUT2D eigenvalue weighted by Gasteiger charge is 2.05. The summed E-state index contributed by atoms with van der Waals surface area (Å²) in [6.07, 6.45) is 4.91.